The maximum absolute atomic E-state index is 12.1. The molecular weight excluding hydrogens is 384 g/mol. The van der Waals surface area contributed by atoms with Gasteiger partial charge in [0.1, 0.15) is 5.60 Å². The summed E-state index contributed by atoms with van der Waals surface area (Å²) in [7, 11) is 1.67. The molecule has 0 bridgehead atoms. The van der Waals surface area contributed by atoms with Gasteiger partial charge in [-0.25, -0.2) is 4.79 Å². The summed E-state index contributed by atoms with van der Waals surface area (Å²) in [6.07, 6.45) is 8.10. The summed E-state index contributed by atoms with van der Waals surface area (Å²) >= 11 is 0. The van der Waals surface area contributed by atoms with Crippen molar-refractivity contribution >= 4 is 11.8 Å². The van der Waals surface area contributed by atoms with Gasteiger partial charge in [0, 0.05) is 31.5 Å². The molecule has 7 nitrogen and oxygen atoms in total. The fourth-order valence-corrected chi connectivity index (χ4v) is 4.33. The molecule has 1 aromatic carbocycles. The smallest absolute Gasteiger partial charge is 0.410 e. The van der Waals surface area contributed by atoms with Gasteiger partial charge in [-0.05, 0) is 63.8 Å². The molecule has 1 N–H and O–H groups in total. The van der Waals surface area contributed by atoms with Crippen LogP contribution in [0.15, 0.2) is 24.3 Å². The molecular formula is C23H32N2O5. The van der Waals surface area contributed by atoms with E-state index in [1.165, 1.54) is 12.8 Å². The maximum atomic E-state index is 12.1. The van der Waals surface area contributed by atoms with Crippen LogP contribution in [0.3, 0.4) is 0 Å². The number of methoxy groups -OCH3 is 1. The second kappa shape index (κ2) is 8.76. The van der Waals surface area contributed by atoms with E-state index >= 15 is 0 Å². The van der Waals surface area contributed by atoms with Gasteiger partial charge in [0.25, 0.3) is 0 Å². The Hall–Kier alpha value is -2.41. The number of nitrogens with one attached hydrogen (secondary N) is 1. The summed E-state index contributed by atoms with van der Waals surface area (Å²) in [6.45, 7) is 4.94. The molecule has 2 fully saturated rings. The quantitative estimate of drug-likeness (QED) is 0.773. The number of piperidine rings is 1. The lowest BCUT2D eigenvalue weighted by atomic mass is 9.90. The van der Waals surface area contributed by atoms with Gasteiger partial charge in [0.15, 0.2) is 11.5 Å². The minimum absolute atomic E-state index is 0.111. The van der Waals surface area contributed by atoms with Gasteiger partial charge in [-0.3, -0.25) is 10.3 Å². The zero-order valence-electron chi connectivity index (χ0n) is 18.1. The number of hydrogen-bond donors (Lipinski definition) is 1. The lowest BCUT2D eigenvalue weighted by Crippen LogP contribution is -2.47. The zero-order valence-corrected chi connectivity index (χ0v) is 18.1. The zero-order chi connectivity index (χ0) is 21.1. The number of carbonyl (C=O) groups is 1. The van der Waals surface area contributed by atoms with Gasteiger partial charge in [-0.1, -0.05) is 0 Å². The SMILES string of the molecule is COc1ccc(C2=CC3(CCN(C(=O)OC(C)C)CC3)ON2)cc1OC1CCCC1. The number of hydroxylamine groups is 1. The van der Waals surface area contributed by atoms with Crippen molar-refractivity contribution in [1.82, 2.24) is 10.4 Å². The Balaban J connectivity index is 1.45. The van der Waals surface area contributed by atoms with Crippen LogP contribution < -0.4 is 15.0 Å². The molecule has 2 aliphatic heterocycles. The second-order valence-corrected chi connectivity index (χ2v) is 8.64. The van der Waals surface area contributed by atoms with Crippen molar-refractivity contribution in [1.29, 1.82) is 0 Å². The molecule has 4 rings (SSSR count). The number of hydrogen-bond acceptors (Lipinski definition) is 6. The number of benzene rings is 1. The number of amides is 1. The van der Waals surface area contributed by atoms with Gasteiger partial charge in [-0.15, -0.1) is 0 Å². The van der Waals surface area contributed by atoms with Crippen LogP contribution in [0.1, 0.15) is 57.9 Å². The van der Waals surface area contributed by atoms with Gasteiger partial charge in [0.05, 0.1) is 25.0 Å². The van der Waals surface area contributed by atoms with E-state index in [4.69, 9.17) is 19.0 Å². The third kappa shape index (κ3) is 4.51. The van der Waals surface area contributed by atoms with Crippen LogP contribution in [-0.2, 0) is 9.57 Å². The maximum Gasteiger partial charge on any atom is 0.410 e. The Labute approximate surface area is 178 Å². The lowest BCUT2D eigenvalue weighted by Gasteiger charge is -2.36. The predicted octanol–water partition coefficient (Wildman–Crippen LogP) is 4.27. The standard InChI is InChI=1S/C23H32N2O5/c1-16(2)28-22(26)25-12-10-23(11-13-25)15-19(24-30-23)17-8-9-20(27-3)21(14-17)29-18-6-4-5-7-18/h8-9,14-16,18,24H,4-7,10-13H2,1-3H3. The van der Waals surface area contributed by atoms with Crippen molar-refractivity contribution in [2.75, 3.05) is 20.2 Å². The molecule has 3 aliphatic rings. The average molecular weight is 417 g/mol. The van der Waals surface area contributed by atoms with Crippen LogP contribution in [0.5, 0.6) is 11.5 Å². The summed E-state index contributed by atoms with van der Waals surface area (Å²) < 4.78 is 17.0. The highest BCUT2D eigenvalue weighted by Gasteiger charge is 2.40. The van der Waals surface area contributed by atoms with E-state index in [-0.39, 0.29) is 18.3 Å². The molecule has 0 aromatic heterocycles. The van der Waals surface area contributed by atoms with Gasteiger partial charge in [0.2, 0.25) is 0 Å². The molecule has 0 unspecified atom stereocenters. The summed E-state index contributed by atoms with van der Waals surface area (Å²) in [5.41, 5.74) is 4.62. The molecule has 2 heterocycles. The number of nitrogens with zero attached hydrogens (tertiary/aromatic N) is 1. The van der Waals surface area contributed by atoms with E-state index in [1.807, 2.05) is 32.0 Å². The van der Waals surface area contributed by atoms with E-state index in [1.54, 1.807) is 12.0 Å². The van der Waals surface area contributed by atoms with Crippen molar-refractivity contribution < 1.29 is 23.8 Å². The molecule has 0 radical (unpaired) electrons. The van der Waals surface area contributed by atoms with Gasteiger partial charge in [-0.2, -0.15) is 0 Å². The minimum Gasteiger partial charge on any atom is -0.493 e. The first kappa shape index (κ1) is 20.8. The Bertz CT molecular complexity index is 793. The summed E-state index contributed by atoms with van der Waals surface area (Å²) in [4.78, 5) is 19.9. The molecule has 1 amide bonds. The van der Waals surface area contributed by atoms with Crippen molar-refractivity contribution in [3.63, 3.8) is 0 Å². The predicted molar refractivity (Wildman–Crippen MR) is 113 cm³/mol. The van der Waals surface area contributed by atoms with Gasteiger partial charge >= 0.3 is 6.09 Å². The molecule has 1 aromatic rings. The van der Waals surface area contributed by atoms with Crippen LogP contribution in [0.2, 0.25) is 0 Å². The first-order chi connectivity index (χ1) is 14.5. The molecule has 1 saturated heterocycles. The minimum atomic E-state index is -0.406. The van der Waals surface area contributed by atoms with E-state index in [0.29, 0.717) is 13.1 Å². The highest BCUT2D eigenvalue weighted by Crippen LogP contribution is 2.38. The first-order valence-corrected chi connectivity index (χ1v) is 11.0. The molecule has 7 heteroatoms. The fraction of sp³-hybridized carbons (Fsp3) is 0.609. The van der Waals surface area contributed by atoms with Crippen LogP contribution in [0.4, 0.5) is 4.79 Å². The number of likely N-dealkylation sites (tertiary alicyclic amines) is 1. The third-order valence-corrected chi connectivity index (χ3v) is 6.05. The highest BCUT2D eigenvalue weighted by atomic mass is 16.7. The second-order valence-electron chi connectivity index (χ2n) is 8.64. The van der Waals surface area contributed by atoms with Crippen molar-refractivity contribution in [3.05, 3.63) is 29.8 Å². The van der Waals surface area contributed by atoms with E-state index in [9.17, 15) is 4.79 Å². The van der Waals surface area contributed by atoms with Gasteiger partial charge < -0.3 is 19.1 Å². The normalized spacial score (nSPS) is 20.9. The van der Waals surface area contributed by atoms with E-state index in [2.05, 4.69) is 11.6 Å². The van der Waals surface area contributed by atoms with Crippen LogP contribution >= 0.6 is 0 Å². The molecule has 1 saturated carbocycles. The molecule has 1 aliphatic carbocycles. The Morgan fingerprint density at radius 2 is 1.93 bits per heavy atom. The average Bonchev–Trinajstić information content (AvgIpc) is 3.38. The van der Waals surface area contributed by atoms with Crippen LogP contribution in [0.25, 0.3) is 5.70 Å². The van der Waals surface area contributed by atoms with Crippen LogP contribution in [0, 0.1) is 0 Å². The molecule has 0 atom stereocenters. The fourth-order valence-electron chi connectivity index (χ4n) is 4.33. The summed E-state index contributed by atoms with van der Waals surface area (Å²) in [5.74, 6) is 1.52. The Morgan fingerprint density at radius 3 is 2.60 bits per heavy atom. The van der Waals surface area contributed by atoms with Crippen molar-refractivity contribution in [2.45, 2.75) is 70.2 Å². The molecule has 30 heavy (non-hydrogen) atoms. The topological polar surface area (TPSA) is 69.3 Å². The van der Waals surface area contributed by atoms with E-state index < -0.39 is 5.60 Å². The molecule has 164 valence electrons. The number of ether oxygens (including phenoxy) is 3. The van der Waals surface area contributed by atoms with Crippen LogP contribution in [-0.4, -0.2) is 49.0 Å². The summed E-state index contributed by atoms with van der Waals surface area (Å²) in [6, 6.07) is 5.97. The lowest BCUT2D eigenvalue weighted by molar-refractivity contribution is -0.0682. The van der Waals surface area contributed by atoms with E-state index in [0.717, 1.165) is 48.4 Å². The monoisotopic (exact) mass is 416 g/mol. The van der Waals surface area contributed by atoms with Crippen molar-refractivity contribution in [3.8, 4) is 11.5 Å². The first-order valence-electron chi connectivity index (χ1n) is 11.0. The largest absolute Gasteiger partial charge is 0.493 e. The Kier molecular flexibility index (Phi) is 6.09. The summed E-state index contributed by atoms with van der Waals surface area (Å²) in [5, 5.41) is 0. The van der Waals surface area contributed by atoms with Crippen molar-refractivity contribution in [2.24, 2.45) is 0 Å². The number of carbonyl (C=O) groups excluding carboxylic acids is 1. The number of rotatable bonds is 5. The Morgan fingerprint density at radius 1 is 1.20 bits per heavy atom. The molecule has 1 spiro atoms. The third-order valence-electron chi connectivity index (χ3n) is 6.05. The highest BCUT2D eigenvalue weighted by molar-refractivity contribution is 5.70.